The van der Waals surface area contributed by atoms with Gasteiger partial charge in [-0.2, -0.15) is 0 Å². The Balaban J connectivity index is 2.33. The summed E-state index contributed by atoms with van der Waals surface area (Å²) in [6.07, 6.45) is 1.49. The van der Waals surface area contributed by atoms with Crippen LogP contribution in [0.3, 0.4) is 0 Å². The Morgan fingerprint density at radius 1 is 0.895 bits per heavy atom. The molecule has 2 rings (SSSR count). The van der Waals surface area contributed by atoms with Crippen LogP contribution in [0.4, 0.5) is 0 Å². The number of aliphatic hydroxyl groups is 1. The quantitative estimate of drug-likeness (QED) is 0.869. The number of aliphatic hydroxyl groups excluding tert-OH is 1. The Hall–Kier alpha value is -1.12. The van der Waals surface area contributed by atoms with E-state index in [1.54, 1.807) is 0 Å². The van der Waals surface area contributed by atoms with Gasteiger partial charge < -0.3 is 5.11 Å². The van der Waals surface area contributed by atoms with Gasteiger partial charge in [-0.05, 0) is 47.2 Å². The monoisotopic (exact) mass is 318 g/mol. The predicted octanol–water partition coefficient (Wildman–Crippen LogP) is 4.66. The van der Waals surface area contributed by atoms with E-state index in [1.807, 2.05) is 30.3 Å². The van der Waals surface area contributed by atoms with Gasteiger partial charge in [0.25, 0.3) is 0 Å². The zero-order chi connectivity index (χ0) is 13.8. The lowest BCUT2D eigenvalue weighted by Crippen LogP contribution is -2.02. The van der Waals surface area contributed by atoms with E-state index < -0.39 is 6.10 Å². The Morgan fingerprint density at radius 2 is 1.47 bits per heavy atom. The summed E-state index contributed by atoms with van der Waals surface area (Å²) in [4.78, 5) is 0. The molecule has 0 aliphatic carbocycles. The van der Waals surface area contributed by atoms with Crippen LogP contribution in [0, 0.1) is 0 Å². The van der Waals surface area contributed by atoms with Crippen LogP contribution in [0.2, 0.25) is 0 Å². The summed E-state index contributed by atoms with van der Waals surface area (Å²) in [5.74, 6) is 0. The van der Waals surface area contributed by atoms with Crippen molar-refractivity contribution in [2.75, 3.05) is 0 Å². The molecule has 0 amide bonds. The van der Waals surface area contributed by atoms with Crippen LogP contribution >= 0.6 is 15.9 Å². The lowest BCUT2D eigenvalue weighted by atomic mass is 9.95. The van der Waals surface area contributed by atoms with Crippen molar-refractivity contribution >= 4 is 15.9 Å². The van der Waals surface area contributed by atoms with Gasteiger partial charge in [0.15, 0.2) is 0 Å². The zero-order valence-corrected chi connectivity index (χ0v) is 12.9. The van der Waals surface area contributed by atoms with Crippen molar-refractivity contribution in [3.05, 3.63) is 69.2 Å². The molecular weight excluding hydrogens is 300 g/mol. The molecule has 0 aliphatic heterocycles. The molecule has 100 valence electrons. The van der Waals surface area contributed by atoms with E-state index in [0.29, 0.717) is 0 Å². The first kappa shape index (κ1) is 14.3. The highest BCUT2D eigenvalue weighted by molar-refractivity contribution is 9.10. The molecule has 2 aromatic rings. The fourth-order valence-electron chi connectivity index (χ4n) is 2.33. The predicted molar refractivity (Wildman–Crippen MR) is 83.4 cm³/mol. The highest BCUT2D eigenvalue weighted by Gasteiger charge is 2.11. The minimum absolute atomic E-state index is 0.552. The maximum atomic E-state index is 10.5. The van der Waals surface area contributed by atoms with Gasteiger partial charge >= 0.3 is 0 Å². The van der Waals surface area contributed by atoms with Crippen LogP contribution in [-0.4, -0.2) is 5.11 Å². The van der Waals surface area contributed by atoms with Crippen molar-refractivity contribution in [3.8, 4) is 0 Å². The number of benzene rings is 2. The molecule has 0 spiro atoms. The lowest BCUT2D eigenvalue weighted by molar-refractivity contribution is 0.220. The summed E-state index contributed by atoms with van der Waals surface area (Å²) in [6, 6.07) is 14.1. The first-order valence-electron chi connectivity index (χ1n) is 6.71. The van der Waals surface area contributed by atoms with Gasteiger partial charge in [-0.25, -0.2) is 0 Å². The second kappa shape index (κ2) is 6.36. The smallest absolute Gasteiger partial charge is 0.104 e. The Morgan fingerprint density at radius 3 is 2.05 bits per heavy atom. The van der Waals surface area contributed by atoms with E-state index in [0.717, 1.165) is 28.4 Å². The molecule has 1 nitrogen and oxygen atoms in total. The van der Waals surface area contributed by atoms with Gasteiger partial charge in [0, 0.05) is 4.47 Å². The molecule has 0 aromatic heterocycles. The van der Waals surface area contributed by atoms with Crippen LogP contribution in [0.5, 0.6) is 0 Å². The van der Waals surface area contributed by atoms with Crippen molar-refractivity contribution in [2.24, 2.45) is 0 Å². The number of hydrogen-bond acceptors (Lipinski definition) is 1. The highest BCUT2D eigenvalue weighted by Crippen LogP contribution is 2.25. The highest BCUT2D eigenvalue weighted by atomic mass is 79.9. The molecule has 0 saturated heterocycles. The molecule has 0 aliphatic rings. The van der Waals surface area contributed by atoms with Crippen LogP contribution in [0.15, 0.2) is 46.9 Å². The Bertz CT molecular complexity index is 546. The van der Waals surface area contributed by atoms with E-state index in [9.17, 15) is 5.11 Å². The minimum Gasteiger partial charge on any atom is -0.384 e. The van der Waals surface area contributed by atoms with E-state index in [-0.39, 0.29) is 0 Å². The normalized spacial score (nSPS) is 12.4. The van der Waals surface area contributed by atoms with Gasteiger partial charge in [0.1, 0.15) is 6.10 Å². The van der Waals surface area contributed by atoms with Crippen molar-refractivity contribution in [1.29, 1.82) is 0 Å². The molecule has 0 saturated carbocycles. The van der Waals surface area contributed by atoms with E-state index in [1.165, 1.54) is 11.1 Å². The molecule has 19 heavy (non-hydrogen) atoms. The maximum Gasteiger partial charge on any atom is 0.104 e. The molecule has 1 unspecified atom stereocenters. The largest absolute Gasteiger partial charge is 0.384 e. The fourth-order valence-corrected chi connectivity index (χ4v) is 2.59. The topological polar surface area (TPSA) is 20.2 Å². The SMILES string of the molecule is CCc1ccc(C(O)c2ccc(Br)cc2)cc1CC. The van der Waals surface area contributed by atoms with E-state index in [2.05, 4.69) is 41.9 Å². The standard InChI is InChI=1S/C17H19BrO/c1-3-12-5-6-15(11-13(12)4-2)17(19)14-7-9-16(18)10-8-14/h5-11,17,19H,3-4H2,1-2H3. The minimum atomic E-state index is -0.552. The van der Waals surface area contributed by atoms with Crippen molar-refractivity contribution in [3.63, 3.8) is 0 Å². The first-order valence-corrected chi connectivity index (χ1v) is 7.50. The molecule has 2 heteroatoms. The third-order valence-electron chi connectivity index (χ3n) is 3.49. The summed E-state index contributed by atoms with van der Waals surface area (Å²) in [5, 5.41) is 10.5. The molecular formula is C17H19BrO. The number of rotatable bonds is 4. The number of halogens is 1. The van der Waals surface area contributed by atoms with Crippen LogP contribution < -0.4 is 0 Å². The van der Waals surface area contributed by atoms with E-state index in [4.69, 9.17) is 0 Å². The van der Waals surface area contributed by atoms with Gasteiger partial charge in [-0.1, -0.05) is 60.1 Å². The second-order valence-corrected chi connectivity index (χ2v) is 5.61. The number of hydrogen-bond donors (Lipinski definition) is 1. The molecule has 1 N–H and O–H groups in total. The molecule has 1 atom stereocenters. The molecule has 2 aromatic carbocycles. The maximum absolute atomic E-state index is 10.5. The third-order valence-corrected chi connectivity index (χ3v) is 4.02. The lowest BCUT2D eigenvalue weighted by Gasteiger charge is -2.15. The van der Waals surface area contributed by atoms with Gasteiger partial charge in [-0.15, -0.1) is 0 Å². The summed E-state index contributed by atoms with van der Waals surface area (Å²) >= 11 is 3.41. The van der Waals surface area contributed by atoms with Gasteiger partial charge in [0.2, 0.25) is 0 Å². The van der Waals surface area contributed by atoms with Crippen LogP contribution in [0.25, 0.3) is 0 Å². The zero-order valence-electron chi connectivity index (χ0n) is 11.4. The molecule has 0 heterocycles. The van der Waals surface area contributed by atoms with Crippen molar-refractivity contribution in [2.45, 2.75) is 32.8 Å². The average molecular weight is 319 g/mol. The summed E-state index contributed by atoms with van der Waals surface area (Å²) < 4.78 is 1.03. The third kappa shape index (κ3) is 3.26. The summed E-state index contributed by atoms with van der Waals surface area (Å²) in [7, 11) is 0. The van der Waals surface area contributed by atoms with Crippen molar-refractivity contribution < 1.29 is 5.11 Å². The molecule has 0 bridgehead atoms. The summed E-state index contributed by atoms with van der Waals surface area (Å²) in [6.45, 7) is 4.32. The van der Waals surface area contributed by atoms with Crippen molar-refractivity contribution in [1.82, 2.24) is 0 Å². The summed E-state index contributed by atoms with van der Waals surface area (Å²) in [5.41, 5.74) is 4.59. The Kier molecular flexibility index (Phi) is 4.78. The molecule has 0 fully saturated rings. The fraction of sp³-hybridized carbons (Fsp3) is 0.294. The van der Waals surface area contributed by atoms with Gasteiger partial charge in [-0.3, -0.25) is 0 Å². The molecule has 0 radical (unpaired) electrons. The van der Waals surface area contributed by atoms with Gasteiger partial charge in [0.05, 0.1) is 0 Å². The van der Waals surface area contributed by atoms with Crippen LogP contribution in [0.1, 0.15) is 42.2 Å². The van der Waals surface area contributed by atoms with Crippen LogP contribution in [-0.2, 0) is 12.8 Å². The van der Waals surface area contributed by atoms with E-state index >= 15 is 0 Å². The average Bonchev–Trinajstić information content (AvgIpc) is 2.46. The second-order valence-electron chi connectivity index (χ2n) is 4.69. The first-order chi connectivity index (χ1) is 9.15. The Labute approximate surface area is 123 Å². The number of aryl methyl sites for hydroxylation is 2.